The molecule has 180 valence electrons. The summed E-state index contributed by atoms with van der Waals surface area (Å²) in [6.45, 7) is 4.18. The van der Waals surface area contributed by atoms with Gasteiger partial charge in [-0.15, -0.1) is 0 Å². The predicted octanol–water partition coefficient (Wildman–Crippen LogP) is 7.68. The van der Waals surface area contributed by atoms with Crippen molar-refractivity contribution in [3.63, 3.8) is 0 Å². The zero-order valence-electron chi connectivity index (χ0n) is 21.5. The van der Waals surface area contributed by atoms with E-state index in [4.69, 9.17) is 13.0 Å². The number of hydrogen-bond acceptors (Lipinski definition) is 1. The molecule has 0 unspecified atom stereocenters. The summed E-state index contributed by atoms with van der Waals surface area (Å²) in [6.07, 6.45) is 2.13. The molecule has 38 heavy (non-hydrogen) atoms. The Morgan fingerprint density at radius 1 is 0.632 bits per heavy atom. The minimum absolute atomic E-state index is 0.696. The highest BCUT2D eigenvalue weighted by Crippen LogP contribution is 2.36. The molecule has 1 aliphatic rings. The summed E-state index contributed by atoms with van der Waals surface area (Å²) in [5, 5.41) is 0. The number of aromatic amines is 1. The van der Waals surface area contributed by atoms with Crippen molar-refractivity contribution in [2.24, 2.45) is 4.99 Å². The average molecular weight is 488 g/mol. The van der Waals surface area contributed by atoms with Crippen LogP contribution in [0.25, 0.3) is 28.0 Å². The van der Waals surface area contributed by atoms with Crippen LogP contribution in [0, 0.1) is 13.8 Å². The monoisotopic (exact) mass is 488 g/mol. The molecule has 6 rings (SSSR count). The van der Waals surface area contributed by atoms with Gasteiger partial charge in [-0.3, -0.25) is 4.49 Å². The van der Waals surface area contributed by atoms with Crippen molar-refractivity contribution in [3.05, 3.63) is 144 Å². The summed E-state index contributed by atoms with van der Waals surface area (Å²) >= 11 is 0. The smallest absolute Gasteiger partial charge is 0.318 e. The molecule has 0 atom stereocenters. The Hall–Kier alpha value is -4.70. The van der Waals surface area contributed by atoms with E-state index in [2.05, 4.69) is 104 Å². The maximum atomic E-state index is 6.79. The van der Waals surface area contributed by atoms with Gasteiger partial charge in [0.15, 0.2) is 0 Å². The van der Waals surface area contributed by atoms with Crippen molar-refractivity contribution in [3.8, 4) is 22.4 Å². The standard InChI is InChI=1S/C34H27BN3/c1-23-13-17-27(18-14-23)31-21-29(25-9-5-3-6-10-25)33(36-31)37-34-30(26-11-7-4-8-12-26)22-32(38(34)35)28-19-15-24(2)16-20-28/h3-22,36H,1-2H3/q+1. The van der Waals surface area contributed by atoms with Gasteiger partial charge in [0.1, 0.15) is 5.71 Å². The van der Waals surface area contributed by atoms with E-state index in [0.29, 0.717) is 5.84 Å². The second-order valence-electron chi connectivity index (χ2n) is 9.66. The van der Waals surface area contributed by atoms with Crippen molar-refractivity contribution in [2.75, 3.05) is 0 Å². The van der Waals surface area contributed by atoms with E-state index >= 15 is 0 Å². The molecule has 5 aromatic rings. The van der Waals surface area contributed by atoms with Gasteiger partial charge in [0, 0.05) is 11.3 Å². The fourth-order valence-electron chi connectivity index (χ4n) is 4.77. The minimum Gasteiger partial charge on any atom is -0.318 e. The van der Waals surface area contributed by atoms with Crippen molar-refractivity contribution in [1.29, 1.82) is 0 Å². The number of nitrogens with zero attached hydrogens (tertiary/aromatic N) is 2. The predicted molar refractivity (Wildman–Crippen MR) is 159 cm³/mol. The van der Waals surface area contributed by atoms with Gasteiger partial charge < -0.3 is 4.98 Å². The highest BCUT2D eigenvalue weighted by Gasteiger charge is 2.31. The van der Waals surface area contributed by atoms with Gasteiger partial charge in [-0.25, -0.2) is 0 Å². The van der Waals surface area contributed by atoms with Gasteiger partial charge in [-0.2, -0.15) is 0 Å². The molecule has 1 aliphatic heterocycles. The molecule has 1 aromatic heterocycles. The van der Waals surface area contributed by atoms with Gasteiger partial charge in [-0.05, 0) is 47.7 Å². The number of hydrogen-bond donors (Lipinski definition) is 1. The lowest BCUT2D eigenvalue weighted by Crippen LogP contribution is -2.20. The Bertz CT molecular complexity index is 1690. The molecule has 0 bridgehead atoms. The SMILES string of the molecule is [B][N+]1=C(c2ccc(C)cc2)C=C(c2ccccc2)/C1=N/c1[nH]c(-c2ccc(C)cc2)cc1-c1ccccc1. The fourth-order valence-corrected chi connectivity index (χ4v) is 4.77. The molecule has 0 amide bonds. The van der Waals surface area contributed by atoms with Crippen LogP contribution in [-0.2, 0) is 0 Å². The van der Waals surface area contributed by atoms with Crippen LogP contribution in [0.15, 0.2) is 126 Å². The number of nitrogens with one attached hydrogen (secondary N) is 1. The number of aliphatic imine (C=N–C) groups is 1. The summed E-state index contributed by atoms with van der Waals surface area (Å²) in [4.78, 5) is 8.79. The third-order valence-corrected chi connectivity index (χ3v) is 6.90. The first-order valence-corrected chi connectivity index (χ1v) is 12.8. The number of aromatic nitrogens is 1. The minimum atomic E-state index is 0.696. The van der Waals surface area contributed by atoms with E-state index in [1.54, 1.807) is 4.49 Å². The second-order valence-corrected chi connectivity index (χ2v) is 9.66. The molecule has 4 heteroatoms. The third-order valence-electron chi connectivity index (χ3n) is 6.90. The van der Waals surface area contributed by atoms with Crippen LogP contribution in [-0.4, -0.2) is 29.0 Å². The third kappa shape index (κ3) is 4.57. The zero-order chi connectivity index (χ0) is 26.1. The Labute approximate surface area is 225 Å². The first-order valence-electron chi connectivity index (χ1n) is 12.8. The van der Waals surface area contributed by atoms with Gasteiger partial charge in [-0.1, -0.05) is 120 Å². The summed E-state index contributed by atoms with van der Waals surface area (Å²) in [7, 11) is 6.79. The number of rotatable bonds is 5. The summed E-state index contributed by atoms with van der Waals surface area (Å²) in [5.41, 5.74) is 10.7. The zero-order valence-corrected chi connectivity index (χ0v) is 21.5. The van der Waals surface area contributed by atoms with E-state index < -0.39 is 0 Å². The molecule has 4 aromatic carbocycles. The lowest BCUT2D eigenvalue weighted by molar-refractivity contribution is -0.221. The molecule has 0 spiro atoms. The largest absolute Gasteiger partial charge is 0.409 e. The normalized spacial score (nSPS) is 14.3. The van der Waals surface area contributed by atoms with Crippen LogP contribution >= 0.6 is 0 Å². The Morgan fingerprint density at radius 3 is 1.79 bits per heavy atom. The molecular formula is C34H27BN3+. The Kier molecular flexibility index (Phi) is 6.23. The van der Waals surface area contributed by atoms with Gasteiger partial charge in [0.25, 0.3) is 5.82 Å². The quantitative estimate of drug-likeness (QED) is 0.246. The van der Waals surface area contributed by atoms with Crippen LogP contribution in [0.5, 0.6) is 0 Å². The fraction of sp³-hybridized carbons (Fsp3) is 0.0588. The van der Waals surface area contributed by atoms with Crippen LogP contribution < -0.4 is 0 Å². The topological polar surface area (TPSA) is 31.2 Å². The number of H-pyrrole nitrogens is 1. The van der Waals surface area contributed by atoms with E-state index in [1.807, 2.05) is 36.4 Å². The number of aryl methyl sites for hydroxylation is 2. The first kappa shape index (κ1) is 23.7. The van der Waals surface area contributed by atoms with E-state index in [9.17, 15) is 0 Å². The maximum absolute atomic E-state index is 6.79. The second kappa shape index (κ2) is 9.99. The van der Waals surface area contributed by atoms with E-state index in [0.717, 1.165) is 50.6 Å². The molecular weight excluding hydrogens is 461 g/mol. The van der Waals surface area contributed by atoms with Gasteiger partial charge in [0.05, 0.1) is 11.1 Å². The van der Waals surface area contributed by atoms with E-state index in [1.165, 1.54) is 11.1 Å². The highest BCUT2D eigenvalue weighted by atomic mass is 15.1. The number of allylic oxidation sites excluding steroid dienone is 1. The molecule has 0 saturated carbocycles. The Balaban J connectivity index is 1.54. The van der Waals surface area contributed by atoms with Crippen molar-refractivity contribution < 1.29 is 4.49 Å². The first-order chi connectivity index (χ1) is 18.6. The van der Waals surface area contributed by atoms with Crippen LogP contribution in [0.4, 0.5) is 5.82 Å². The molecule has 3 nitrogen and oxygen atoms in total. The average Bonchev–Trinajstić information content (AvgIpc) is 3.52. The summed E-state index contributed by atoms with van der Waals surface area (Å²) in [5.74, 6) is 1.46. The molecule has 0 aliphatic carbocycles. The van der Waals surface area contributed by atoms with Crippen molar-refractivity contribution in [2.45, 2.75) is 13.8 Å². The highest BCUT2D eigenvalue weighted by molar-refractivity contribution is 6.36. The Morgan fingerprint density at radius 2 is 1.18 bits per heavy atom. The molecule has 2 heterocycles. The van der Waals surface area contributed by atoms with Crippen LogP contribution in [0.3, 0.4) is 0 Å². The molecule has 1 N–H and O–H groups in total. The molecule has 0 fully saturated rings. The lowest BCUT2D eigenvalue weighted by atomic mass is 10.0. The number of amidine groups is 1. The lowest BCUT2D eigenvalue weighted by Gasteiger charge is -2.03. The van der Waals surface area contributed by atoms with Gasteiger partial charge >= 0.3 is 13.8 Å². The maximum Gasteiger partial charge on any atom is 0.409 e. The van der Waals surface area contributed by atoms with Crippen molar-refractivity contribution in [1.82, 2.24) is 4.98 Å². The van der Waals surface area contributed by atoms with Crippen LogP contribution in [0.1, 0.15) is 22.3 Å². The van der Waals surface area contributed by atoms with Crippen LogP contribution in [0.2, 0.25) is 0 Å². The summed E-state index contributed by atoms with van der Waals surface area (Å²) < 4.78 is 1.70. The molecule has 2 radical (unpaired) electrons. The summed E-state index contributed by atoms with van der Waals surface area (Å²) in [6, 6.07) is 39.7. The molecule has 0 saturated heterocycles. The van der Waals surface area contributed by atoms with E-state index in [-0.39, 0.29) is 0 Å². The number of benzene rings is 4. The van der Waals surface area contributed by atoms with Crippen molar-refractivity contribution >= 4 is 30.9 Å². The van der Waals surface area contributed by atoms with Gasteiger partial charge in [0.2, 0.25) is 0 Å².